The van der Waals surface area contributed by atoms with Crippen LogP contribution in [0.5, 0.6) is 5.75 Å². The van der Waals surface area contributed by atoms with Gasteiger partial charge in [0.2, 0.25) is 0 Å². The first-order valence-electron chi connectivity index (χ1n) is 5.53. The summed E-state index contributed by atoms with van der Waals surface area (Å²) in [5.41, 5.74) is 0. The van der Waals surface area contributed by atoms with Gasteiger partial charge in [0.25, 0.3) is 0 Å². The van der Waals surface area contributed by atoms with Crippen molar-refractivity contribution >= 4 is 39.9 Å². The minimum atomic E-state index is 0. The van der Waals surface area contributed by atoms with E-state index in [4.69, 9.17) is 16.3 Å². The highest BCUT2D eigenvalue weighted by Gasteiger charge is 2.13. The highest BCUT2D eigenvalue weighted by molar-refractivity contribution is 9.10. The molecular formula is C12H16BrCl2NO. The van der Waals surface area contributed by atoms with Crippen LogP contribution in [0.25, 0.3) is 0 Å². The molecule has 1 aliphatic heterocycles. The van der Waals surface area contributed by atoms with Gasteiger partial charge in [0.15, 0.2) is 0 Å². The second-order valence-corrected chi connectivity index (χ2v) is 5.48. The Balaban J connectivity index is 0.00000144. The number of halogens is 3. The summed E-state index contributed by atoms with van der Waals surface area (Å²) >= 11 is 9.35. The van der Waals surface area contributed by atoms with Crippen LogP contribution in [0, 0.1) is 5.92 Å². The molecule has 0 spiro atoms. The third-order valence-electron chi connectivity index (χ3n) is 2.72. The van der Waals surface area contributed by atoms with Gasteiger partial charge in [0.1, 0.15) is 5.75 Å². The summed E-state index contributed by atoms with van der Waals surface area (Å²) in [7, 11) is 0. The topological polar surface area (TPSA) is 21.3 Å². The molecule has 5 heteroatoms. The molecule has 2 rings (SSSR count). The number of hydrogen-bond donors (Lipinski definition) is 1. The van der Waals surface area contributed by atoms with E-state index in [1.165, 1.54) is 12.8 Å². The van der Waals surface area contributed by atoms with Crippen LogP contribution in [0.4, 0.5) is 0 Å². The van der Waals surface area contributed by atoms with Crippen LogP contribution in [-0.4, -0.2) is 19.7 Å². The first kappa shape index (κ1) is 15.1. The summed E-state index contributed by atoms with van der Waals surface area (Å²) in [6.45, 7) is 2.96. The van der Waals surface area contributed by atoms with Crippen molar-refractivity contribution < 1.29 is 4.74 Å². The van der Waals surface area contributed by atoms with Crippen molar-refractivity contribution in [1.82, 2.24) is 5.32 Å². The number of nitrogens with one attached hydrogen (secondary N) is 1. The van der Waals surface area contributed by atoms with Crippen molar-refractivity contribution in [2.75, 3.05) is 19.7 Å². The fourth-order valence-corrected chi connectivity index (χ4v) is 2.72. The van der Waals surface area contributed by atoms with Gasteiger partial charge in [-0.15, -0.1) is 12.4 Å². The first-order chi connectivity index (χ1) is 7.74. The van der Waals surface area contributed by atoms with Crippen molar-refractivity contribution in [2.45, 2.75) is 12.8 Å². The Bertz CT molecular complexity index is 336. The average molecular weight is 341 g/mol. The fourth-order valence-electron chi connectivity index (χ4n) is 1.89. The summed E-state index contributed by atoms with van der Waals surface area (Å²) in [5, 5.41) is 4.08. The van der Waals surface area contributed by atoms with Crippen LogP contribution in [-0.2, 0) is 0 Å². The molecule has 1 fully saturated rings. The Labute approximate surface area is 122 Å². The molecule has 0 aromatic heterocycles. The number of rotatable bonds is 3. The zero-order chi connectivity index (χ0) is 11.4. The summed E-state index contributed by atoms with van der Waals surface area (Å²) in [5.74, 6) is 1.46. The van der Waals surface area contributed by atoms with Crippen LogP contribution in [0.3, 0.4) is 0 Å². The van der Waals surface area contributed by atoms with E-state index in [9.17, 15) is 0 Å². The minimum Gasteiger partial charge on any atom is -0.493 e. The van der Waals surface area contributed by atoms with Gasteiger partial charge >= 0.3 is 0 Å². The second-order valence-electron chi connectivity index (χ2n) is 4.13. The van der Waals surface area contributed by atoms with Crippen LogP contribution in [0.2, 0.25) is 5.02 Å². The maximum atomic E-state index is 5.95. The largest absolute Gasteiger partial charge is 0.493 e. The summed E-state index contributed by atoms with van der Waals surface area (Å²) in [6.07, 6.45) is 2.49. The van der Waals surface area contributed by atoms with E-state index in [-0.39, 0.29) is 12.4 Å². The third-order valence-corrected chi connectivity index (χ3v) is 3.40. The molecule has 0 amide bonds. The molecule has 0 radical (unpaired) electrons. The van der Waals surface area contributed by atoms with Crippen molar-refractivity contribution in [3.8, 4) is 5.75 Å². The zero-order valence-corrected chi connectivity index (χ0v) is 12.6. The number of hydrogen-bond acceptors (Lipinski definition) is 2. The number of piperidine rings is 1. The van der Waals surface area contributed by atoms with Crippen molar-refractivity contribution in [3.05, 3.63) is 27.7 Å². The van der Waals surface area contributed by atoms with Gasteiger partial charge < -0.3 is 10.1 Å². The van der Waals surface area contributed by atoms with Gasteiger partial charge in [0, 0.05) is 22.0 Å². The zero-order valence-electron chi connectivity index (χ0n) is 9.42. The minimum absolute atomic E-state index is 0. The second kappa shape index (κ2) is 7.47. The van der Waals surface area contributed by atoms with E-state index in [1.807, 2.05) is 18.2 Å². The van der Waals surface area contributed by atoms with E-state index < -0.39 is 0 Å². The lowest BCUT2D eigenvalue weighted by Gasteiger charge is -2.22. The summed E-state index contributed by atoms with van der Waals surface area (Å²) in [4.78, 5) is 0. The van der Waals surface area contributed by atoms with Crippen molar-refractivity contribution in [2.24, 2.45) is 5.92 Å². The van der Waals surface area contributed by atoms with Crippen LogP contribution >= 0.6 is 39.9 Å². The Morgan fingerprint density at radius 3 is 2.88 bits per heavy atom. The molecular weight excluding hydrogens is 325 g/mol. The van der Waals surface area contributed by atoms with E-state index in [1.54, 1.807) is 0 Å². The van der Waals surface area contributed by atoms with Crippen LogP contribution < -0.4 is 10.1 Å². The standard InChI is InChI=1S/C12H15BrClNO.ClH/c13-10-4-11(14)6-12(5-10)16-8-9-2-1-3-15-7-9;/h4-6,9,15H,1-3,7-8H2;1H/t9-;/m0./s1. The van der Waals surface area contributed by atoms with Crippen LogP contribution in [0.1, 0.15) is 12.8 Å². The smallest absolute Gasteiger partial charge is 0.121 e. The molecule has 2 nitrogen and oxygen atoms in total. The van der Waals surface area contributed by atoms with Crippen molar-refractivity contribution in [1.29, 1.82) is 0 Å². The number of benzene rings is 1. The third kappa shape index (κ3) is 5.04. The van der Waals surface area contributed by atoms with E-state index in [0.29, 0.717) is 10.9 Å². The molecule has 1 N–H and O–H groups in total. The van der Waals surface area contributed by atoms with Gasteiger partial charge in [0.05, 0.1) is 6.61 Å². The predicted molar refractivity (Wildman–Crippen MR) is 77.5 cm³/mol. The Kier molecular flexibility index (Phi) is 6.63. The van der Waals surface area contributed by atoms with Gasteiger partial charge in [-0.25, -0.2) is 0 Å². The maximum Gasteiger partial charge on any atom is 0.121 e. The molecule has 0 saturated carbocycles. The first-order valence-corrected chi connectivity index (χ1v) is 6.71. The lowest BCUT2D eigenvalue weighted by molar-refractivity contribution is 0.218. The van der Waals surface area contributed by atoms with Gasteiger partial charge in [-0.3, -0.25) is 0 Å². The van der Waals surface area contributed by atoms with E-state index >= 15 is 0 Å². The molecule has 0 aliphatic carbocycles. The monoisotopic (exact) mass is 339 g/mol. The quantitative estimate of drug-likeness (QED) is 0.900. The molecule has 0 bridgehead atoms. The highest BCUT2D eigenvalue weighted by atomic mass is 79.9. The average Bonchev–Trinajstić information content (AvgIpc) is 2.27. The van der Waals surface area contributed by atoms with Gasteiger partial charge in [-0.1, -0.05) is 27.5 Å². The van der Waals surface area contributed by atoms with Crippen LogP contribution in [0.15, 0.2) is 22.7 Å². The van der Waals surface area contributed by atoms with Gasteiger partial charge in [-0.05, 0) is 37.6 Å². The molecule has 1 aromatic rings. The normalized spacial score (nSPS) is 19.5. The SMILES string of the molecule is Cl.Clc1cc(Br)cc(OC[C@H]2CCCNC2)c1. The van der Waals surface area contributed by atoms with E-state index in [0.717, 1.165) is 29.9 Å². The van der Waals surface area contributed by atoms with Crippen molar-refractivity contribution in [3.63, 3.8) is 0 Å². The van der Waals surface area contributed by atoms with E-state index in [2.05, 4.69) is 21.2 Å². The molecule has 1 atom stereocenters. The predicted octanol–water partition coefficient (Wildman–Crippen LogP) is 3.90. The lowest BCUT2D eigenvalue weighted by Crippen LogP contribution is -2.33. The lowest BCUT2D eigenvalue weighted by atomic mass is 10.0. The summed E-state index contributed by atoms with van der Waals surface area (Å²) in [6, 6.07) is 5.65. The summed E-state index contributed by atoms with van der Waals surface area (Å²) < 4.78 is 6.71. The molecule has 1 heterocycles. The van der Waals surface area contributed by atoms with Gasteiger partial charge in [-0.2, -0.15) is 0 Å². The maximum absolute atomic E-state index is 5.95. The molecule has 1 aromatic carbocycles. The molecule has 1 aliphatic rings. The molecule has 17 heavy (non-hydrogen) atoms. The molecule has 0 unspecified atom stereocenters. The molecule has 1 saturated heterocycles. The Morgan fingerprint density at radius 1 is 1.41 bits per heavy atom. The number of ether oxygens (including phenoxy) is 1. The fraction of sp³-hybridized carbons (Fsp3) is 0.500. The Morgan fingerprint density at radius 2 is 2.24 bits per heavy atom. The molecule has 96 valence electrons. The highest BCUT2D eigenvalue weighted by Crippen LogP contribution is 2.25. The Hall–Kier alpha value is 0.0400.